The number of hydrogen-bond acceptors (Lipinski definition) is 4. The number of primary amides is 1. The fraction of sp³-hybridized carbons (Fsp3) is 0.400. The van der Waals surface area contributed by atoms with Crippen LogP contribution in [0.4, 0.5) is 0 Å². The van der Waals surface area contributed by atoms with Gasteiger partial charge in [0.2, 0.25) is 5.91 Å². The molecular formula is C15H16Cl2N2O4. The lowest BCUT2D eigenvalue weighted by atomic mass is 9.97. The summed E-state index contributed by atoms with van der Waals surface area (Å²) in [5.74, 6) is -1.79. The minimum absolute atomic E-state index is 0.209. The zero-order valence-corrected chi connectivity index (χ0v) is 13.8. The molecule has 0 bridgehead atoms. The van der Waals surface area contributed by atoms with E-state index in [1.807, 2.05) is 0 Å². The maximum Gasteiger partial charge on any atom is 0.338 e. The molecule has 1 aromatic carbocycles. The van der Waals surface area contributed by atoms with Crippen molar-refractivity contribution in [3.05, 3.63) is 33.8 Å². The van der Waals surface area contributed by atoms with Crippen molar-refractivity contribution in [2.75, 3.05) is 19.7 Å². The Labute approximate surface area is 143 Å². The molecule has 2 amide bonds. The van der Waals surface area contributed by atoms with Gasteiger partial charge in [0.25, 0.3) is 5.91 Å². The highest BCUT2D eigenvalue weighted by molar-refractivity contribution is 6.42. The zero-order valence-electron chi connectivity index (χ0n) is 12.3. The summed E-state index contributed by atoms with van der Waals surface area (Å²) in [7, 11) is 0. The lowest BCUT2D eigenvalue weighted by Crippen LogP contribution is -2.45. The largest absolute Gasteiger partial charge is 0.452 e. The second-order valence-corrected chi connectivity index (χ2v) is 6.10. The molecule has 0 saturated carbocycles. The van der Waals surface area contributed by atoms with Crippen molar-refractivity contribution >= 4 is 41.0 Å². The van der Waals surface area contributed by atoms with Crippen LogP contribution in [-0.2, 0) is 14.3 Å². The second-order valence-electron chi connectivity index (χ2n) is 5.29. The van der Waals surface area contributed by atoms with Crippen LogP contribution in [0.2, 0.25) is 10.0 Å². The summed E-state index contributed by atoms with van der Waals surface area (Å²) in [6, 6.07) is 4.32. The number of nitrogens with zero attached hydrogens (tertiary/aromatic N) is 1. The molecule has 6 nitrogen and oxygen atoms in total. The van der Waals surface area contributed by atoms with Crippen molar-refractivity contribution in [2.45, 2.75) is 12.8 Å². The Morgan fingerprint density at radius 3 is 2.65 bits per heavy atom. The summed E-state index contributed by atoms with van der Waals surface area (Å²) in [5.41, 5.74) is 5.48. The molecule has 2 rings (SSSR count). The highest BCUT2D eigenvalue weighted by atomic mass is 35.5. The average molecular weight is 359 g/mol. The molecule has 0 aromatic heterocycles. The first-order chi connectivity index (χ1) is 10.9. The van der Waals surface area contributed by atoms with E-state index in [4.69, 9.17) is 33.7 Å². The smallest absolute Gasteiger partial charge is 0.338 e. The molecule has 1 aliphatic rings. The number of piperidine rings is 1. The topological polar surface area (TPSA) is 89.7 Å². The van der Waals surface area contributed by atoms with Gasteiger partial charge in [0.15, 0.2) is 6.61 Å². The third-order valence-electron chi connectivity index (χ3n) is 3.66. The van der Waals surface area contributed by atoms with Gasteiger partial charge in [0.05, 0.1) is 21.5 Å². The minimum Gasteiger partial charge on any atom is -0.452 e. The number of nitrogens with two attached hydrogens (primary N) is 1. The molecule has 2 N–H and O–H groups in total. The van der Waals surface area contributed by atoms with E-state index in [1.54, 1.807) is 0 Å². The molecule has 1 aromatic rings. The monoisotopic (exact) mass is 358 g/mol. The Kier molecular flexibility index (Phi) is 5.85. The van der Waals surface area contributed by atoms with E-state index in [0.29, 0.717) is 24.4 Å². The standard InChI is InChI=1S/C15H16Cl2N2O4/c16-11-4-3-9(6-12(11)17)15(22)23-8-13(20)19-5-1-2-10(7-19)14(18)21/h3-4,6,10H,1-2,5,7-8H2,(H2,18,21)/t10-/m0/s1. The number of esters is 1. The Hall–Kier alpha value is -1.79. The molecule has 1 saturated heterocycles. The number of ether oxygens (including phenoxy) is 1. The fourth-order valence-electron chi connectivity index (χ4n) is 2.36. The van der Waals surface area contributed by atoms with Crippen LogP contribution in [0.25, 0.3) is 0 Å². The van der Waals surface area contributed by atoms with Crippen LogP contribution >= 0.6 is 23.2 Å². The molecule has 8 heteroatoms. The highest BCUT2D eigenvalue weighted by Gasteiger charge is 2.27. The van der Waals surface area contributed by atoms with Crippen LogP contribution in [0.5, 0.6) is 0 Å². The molecular weight excluding hydrogens is 343 g/mol. The fourth-order valence-corrected chi connectivity index (χ4v) is 2.66. The van der Waals surface area contributed by atoms with Crippen LogP contribution in [0.3, 0.4) is 0 Å². The number of hydrogen-bond donors (Lipinski definition) is 1. The van der Waals surface area contributed by atoms with E-state index in [-0.39, 0.29) is 29.0 Å². The number of amides is 2. The van der Waals surface area contributed by atoms with Crippen LogP contribution < -0.4 is 5.73 Å². The summed E-state index contributed by atoms with van der Waals surface area (Å²) in [6.07, 6.45) is 1.36. The molecule has 23 heavy (non-hydrogen) atoms. The van der Waals surface area contributed by atoms with Gasteiger partial charge >= 0.3 is 5.97 Å². The number of benzene rings is 1. The molecule has 124 valence electrons. The quantitative estimate of drug-likeness (QED) is 0.832. The molecule has 1 atom stereocenters. The van der Waals surface area contributed by atoms with Crippen molar-refractivity contribution < 1.29 is 19.1 Å². The minimum atomic E-state index is -0.666. The first kappa shape index (κ1) is 17.6. The van der Waals surface area contributed by atoms with Crippen molar-refractivity contribution in [3.8, 4) is 0 Å². The normalized spacial score (nSPS) is 17.7. The van der Waals surface area contributed by atoms with Gasteiger partial charge < -0.3 is 15.4 Å². The summed E-state index contributed by atoms with van der Waals surface area (Å²) in [5, 5.41) is 0.554. The summed E-state index contributed by atoms with van der Waals surface area (Å²) in [4.78, 5) is 36.7. The van der Waals surface area contributed by atoms with Crippen LogP contribution in [0.1, 0.15) is 23.2 Å². The molecule has 0 aliphatic carbocycles. The van der Waals surface area contributed by atoms with Crippen molar-refractivity contribution in [3.63, 3.8) is 0 Å². The first-order valence-corrected chi connectivity index (χ1v) is 7.83. The average Bonchev–Trinajstić information content (AvgIpc) is 2.54. The van der Waals surface area contributed by atoms with Crippen molar-refractivity contribution in [2.24, 2.45) is 11.7 Å². The third-order valence-corrected chi connectivity index (χ3v) is 4.40. The van der Waals surface area contributed by atoms with E-state index >= 15 is 0 Å². The number of halogens is 2. The van der Waals surface area contributed by atoms with E-state index in [2.05, 4.69) is 0 Å². The number of rotatable bonds is 4. The van der Waals surface area contributed by atoms with Gasteiger partial charge in [-0.3, -0.25) is 9.59 Å². The Morgan fingerprint density at radius 2 is 2.00 bits per heavy atom. The SMILES string of the molecule is NC(=O)[C@H]1CCCN(C(=O)COC(=O)c2ccc(Cl)c(Cl)c2)C1. The lowest BCUT2D eigenvalue weighted by molar-refractivity contribution is -0.137. The molecule has 0 radical (unpaired) electrons. The molecule has 1 heterocycles. The predicted octanol–water partition coefficient (Wildman–Crippen LogP) is 1.87. The predicted molar refractivity (Wildman–Crippen MR) is 85.2 cm³/mol. The van der Waals surface area contributed by atoms with Crippen LogP contribution in [0, 0.1) is 5.92 Å². The molecule has 1 aliphatic heterocycles. The zero-order chi connectivity index (χ0) is 17.0. The van der Waals surface area contributed by atoms with Gasteiger partial charge in [0.1, 0.15) is 0 Å². The van der Waals surface area contributed by atoms with Gasteiger partial charge in [0, 0.05) is 13.1 Å². The van der Waals surface area contributed by atoms with Gasteiger partial charge in [-0.05, 0) is 31.0 Å². The van der Waals surface area contributed by atoms with Gasteiger partial charge in [-0.25, -0.2) is 4.79 Å². The number of likely N-dealkylation sites (tertiary alicyclic amines) is 1. The summed E-state index contributed by atoms with van der Waals surface area (Å²) >= 11 is 11.6. The second kappa shape index (κ2) is 7.66. The third kappa shape index (κ3) is 4.59. The van der Waals surface area contributed by atoms with Crippen LogP contribution in [0.15, 0.2) is 18.2 Å². The number of carbonyl (C=O) groups excluding carboxylic acids is 3. The van der Waals surface area contributed by atoms with E-state index in [0.717, 1.165) is 0 Å². The van der Waals surface area contributed by atoms with E-state index in [9.17, 15) is 14.4 Å². The number of carbonyl (C=O) groups is 3. The Balaban J connectivity index is 1.89. The van der Waals surface area contributed by atoms with Gasteiger partial charge in [-0.1, -0.05) is 23.2 Å². The summed E-state index contributed by atoms with van der Waals surface area (Å²) < 4.78 is 4.99. The van der Waals surface area contributed by atoms with Gasteiger partial charge in [-0.15, -0.1) is 0 Å². The Bertz CT molecular complexity index is 636. The first-order valence-electron chi connectivity index (χ1n) is 7.07. The van der Waals surface area contributed by atoms with Crippen molar-refractivity contribution in [1.29, 1.82) is 0 Å². The maximum absolute atomic E-state index is 12.1. The van der Waals surface area contributed by atoms with Gasteiger partial charge in [-0.2, -0.15) is 0 Å². The van der Waals surface area contributed by atoms with E-state index in [1.165, 1.54) is 23.1 Å². The molecule has 1 fully saturated rings. The maximum atomic E-state index is 12.1. The van der Waals surface area contributed by atoms with Crippen LogP contribution in [-0.4, -0.2) is 42.4 Å². The highest BCUT2D eigenvalue weighted by Crippen LogP contribution is 2.23. The van der Waals surface area contributed by atoms with Crippen molar-refractivity contribution in [1.82, 2.24) is 4.90 Å². The molecule has 0 unspecified atom stereocenters. The summed E-state index contributed by atoms with van der Waals surface area (Å²) in [6.45, 7) is 0.385. The Morgan fingerprint density at radius 1 is 1.26 bits per heavy atom. The lowest BCUT2D eigenvalue weighted by Gasteiger charge is -2.31. The molecule has 0 spiro atoms. The van der Waals surface area contributed by atoms with E-state index < -0.39 is 18.5 Å².